The lowest BCUT2D eigenvalue weighted by atomic mass is 9.77. The van der Waals surface area contributed by atoms with Crippen LogP contribution in [0.5, 0.6) is 11.5 Å². The van der Waals surface area contributed by atoms with Gasteiger partial charge in [0.1, 0.15) is 5.82 Å². The number of methoxy groups -OCH3 is 2. The molecule has 0 bridgehead atoms. The monoisotopic (exact) mass is 299 g/mol. The van der Waals surface area contributed by atoms with Gasteiger partial charge in [0.25, 0.3) is 0 Å². The summed E-state index contributed by atoms with van der Waals surface area (Å²) in [6, 6.07) is 1.53. The highest BCUT2D eigenvalue weighted by molar-refractivity contribution is 7.98. The number of nitrogens with two attached hydrogens (primary N) is 1. The first-order chi connectivity index (χ1) is 9.57. The zero-order valence-corrected chi connectivity index (χ0v) is 13.1. The van der Waals surface area contributed by atoms with Gasteiger partial charge in [0.05, 0.1) is 19.1 Å². The van der Waals surface area contributed by atoms with Crippen LogP contribution in [0, 0.1) is 5.82 Å². The summed E-state index contributed by atoms with van der Waals surface area (Å²) in [7, 11) is 3.11. The average molecular weight is 299 g/mol. The molecule has 0 aliphatic heterocycles. The topological polar surface area (TPSA) is 44.5 Å². The molecule has 2 rings (SSSR count). The van der Waals surface area contributed by atoms with Crippen LogP contribution >= 0.6 is 11.8 Å². The molecular weight excluding hydrogens is 277 g/mol. The van der Waals surface area contributed by atoms with Gasteiger partial charge in [-0.1, -0.05) is 19.3 Å². The van der Waals surface area contributed by atoms with E-state index in [1.165, 1.54) is 31.4 Å². The molecule has 3 nitrogen and oxygen atoms in total. The third-order valence-electron chi connectivity index (χ3n) is 4.04. The molecule has 1 aliphatic rings. The Kier molecular flexibility index (Phi) is 4.81. The summed E-state index contributed by atoms with van der Waals surface area (Å²) in [4.78, 5) is 0.465. The predicted molar refractivity (Wildman–Crippen MR) is 80.2 cm³/mol. The van der Waals surface area contributed by atoms with Crippen molar-refractivity contribution in [1.82, 2.24) is 0 Å². The second-order valence-electron chi connectivity index (χ2n) is 5.22. The first-order valence-corrected chi connectivity index (χ1v) is 8.07. The van der Waals surface area contributed by atoms with E-state index in [1.54, 1.807) is 7.11 Å². The van der Waals surface area contributed by atoms with Crippen molar-refractivity contribution in [1.29, 1.82) is 0 Å². The van der Waals surface area contributed by atoms with E-state index in [0.717, 1.165) is 31.2 Å². The van der Waals surface area contributed by atoms with Crippen LogP contribution in [0.25, 0.3) is 0 Å². The van der Waals surface area contributed by atoms with Crippen molar-refractivity contribution in [2.24, 2.45) is 5.73 Å². The van der Waals surface area contributed by atoms with E-state index in [9.17, 15) is 4.39 Å². The molecule has 20 heavy (non-hydrogen) atoms. The molecule has 5 heteroatoms. The Labute approximate surface area is 124 Å². The maximum absolute atomic E-state index is 14.3. The van der Waals surface area contributed by atoms with Crippen LogP contribution in [-0.4, -0.2) is 20.5 Å². The van der Waals surface area contributed by atoms with E-state index < -0.39 is 5.54 Å². The fourth-order valence-corrected chi connectivity index (χ4v) is 3.61. The number of hydrogen-bond acceptors (Lipinski definition) is 4. The van der Waals surface area contributed by atoms with Crippen LogP contribution in [0.4, 0.5) is 4.39 Å². The summed E-state index contributed by atoms with van der Waals surface area (Å²) in [6.45, 7) is 0. The highest BCUT2D eigenvalue weighted by Crippen LogP contribution is 2.47. The number of ether oxygens (including phenoxy) is 2. The molecule has 0 heterocycles. The molecule has 112 valence electrons. The molecule has 1 saturated carbocycles. The molecule has 1 aliphatic carbocycles. The average Bonchev–Trinajstić information content (AvgIpc) is 2.46. The van der Waals surface area contributed by atoms with E-state index in [-0.39, 0.29) is 5.82 Å². The van der Waals surface area contributed by atoms with Crippen molar-refractivity contribution in [3.63, 3.8) is 0 Å². The van der Waals surface area contributed by atoms with Crippen LogP contribution in [0.3, 0.4) is 0 Å². The van der Waals surface area contributed by atoms with Crippen molar-refractivity contribution in [2.75, 3.05) is 20.5 Å². The second kappa shape index (κ2) is 6.22. The van der Waals surface area contributed by atoms with Gasteiger partial charge in [0.15, 0.2) is 11.5 Å². The van der Waals surface area contributed by atoms with E-state index in [0.29, 0.717) is 16.4 Å². The van der Waals surface area contributed by atoms with Gasteiger partial charge in [0, 0.05) is 11.1 Å². The summed E-state index contributed by atoms with van der Waals surface area (Å²) < 4.78 is 25.2. The Bertz CT molecular complexity index is 487. The van der Waals surface area contributed by atoms with Gasteiger partial charge >= 0.3 is 0 Å². The lowest BCUT2D eigenvalue weighted by Gasteiger charge is -2.35. The Morgan fingerprint density at radius 2 is 1.75 bits per heavy atom. The molecule has 0 amide bonds. The van der Waals surface area contributed by atoms with Crippen molar-refractivity contribution >= 4 is 11.8 Å². The summed E-state index contributed by atoms with van der Waals surface area (Å²) in [6.07, 6.45) is 6.83. The third-order valence-corrected chi connectivity index (χ3v) is 4.83. The SMILES string of the molecule is COc1c(C2(N)CCCCC2)cc(F)c(SC)c1OC. The van der Waals surface area contributed by atoms with Gasteiger partial charge in [-0.05, 0) is 25.2 Å². The largest absolute Gasteiger partial charge is 0.492 e. The van der Waals surface area contributed by atoms with Gasteiger partial charge in [-0.3, -0.25) is 0 Å². The van der Waals surface area contributed by atoms with E-state index in [2.05, 4.69) is 0 Å². The number of benzene rings is 1. The van der Waals surface area contributed by atoms with Crippen LogP contribution in [0.15, 0.2) is 11.0 Å². The van der Waals surface area contributed by atoms with Crippen molar-refractivity contribution in [3.05, 3.63) is 17.4 Å². The molecule has 0 aromatic heterocycles. The molecule has 0 saturated heterocycles. The van der Waals surface area contributed by atoms with E-state index in [4.69, 9.17) is 15.2 Å². The fourth-order valence-electron chi connectivity index (χ4n) is 2.99. The number of halogens is 1. The lowest BCUT2D eigenvalue weighted by molar-refractivity contribution is 0.278. The maximum Gasteiger partial charge on any atom is 0.177 e. The van der Waals surface area contributed by atoms with Crippen LogP contribution in [0.2, 0.25) is 0 Å². The fraction of sp³-hybridized carbons (Fsp3) is 0.600. The van der Waals surface area contributed by atoms with Crippen molar-refractivity contribution < 1.29 is 13.9 Å². The minimum Gasteiger partial charge on any atom is -0.492 e. The summed E-state index contributed by atoms with van der Waals surface area (Å²) in [5.41, 5.74) is 6.74. The van der Waals surface area contributed by atoms with Crippen LogP contribution in [-0.2, 0) is 5.54 Å². The Balaban J connectivity index is 2.60. The second-order valence-corrected chi connectivity index (χ2v) is 6.04. The minimum atomic E-state index is -0.519. The van der Waals surface area contributed by atoms with Gasteiger partial charge < -0.3 is 15.2 Å². The maximum atomic E-state index is 14.3. The number of thioether (sulfide) groups is 1. The molecule has 0 unspecified atom stereocenters. The van der Waals surface area contributed by atoms with Gasteiger partial charge in [0.2, 0.25) is 0 Å². The van der Waals surface area contributed by atoms with Crippen LogP contribution < -0.4 is 15.2 Å². The van der Waals surface area contributed by atoms with Crippen molar-refractivity contribution in [2.45, 2.75) is 42.5 Å². The zero-order valence-electron chi connectivity index (χ0n) is 12.3. The molecular formula is C15H22FNO2S. The Morgan fingerprint density at radius 1 is 1.15 bits per heavy atom. The Morgan fingerprint density at radius 3 is 2.25 bits per heavy atom. The minimum absolute atomic E-state index is 0.291. The highest BCUT2D eigenvalue weighted by Gasteiger charge is 2.35. The summed E-state index contributed by atoms with van der Waals surface area (Å²) in [5, 5.41) is 0. The smallest absolute Gasteiger partial charge is 0.177 e. The molecule has 2 N–H and O–H groups in total. The standard InChI is InChI=1S/C15H22FNO2S/c1-18-12-10(15(17)7-5-4-6-8-15)9-11(16)14(20-3)13(12)19-2/h9H,4-8,17H2,1-3H3. The molecule has 0 radical (unpaired) electrons. The predicted octanol–water partition coefficient (Wildman–Crippen LogP) is 3.68. The number of rotatable bonds is 4. The van der Waals surface area contributed by atoms with Crippen LogP contribution in [0.1, 0.15) is 37.7 Å². The van der Waals surface area contributed by atoms with E-state index in [1.807, 2.05) is 6.26 Å². The summed E-state index contributed by atoms with van der Waals surface area (Å²) >= 11 is 1.31. The number of hydrogen-bond donors (Lipinski definition) is 1. The lowest BCUT2D eigenvalue weighted by Crippen LogP contribution is -2.39. The van der Waals surface area contributed by atoms with Gasteiger partial charge in [-0.2, -0.15) is 0 Å². The molecule has 1 aromatic carbocycles. The highest BCUT2D eigenvalue weighted by atomic mass is 32.2. The quantitative estimate of drug-likeness (QED) is 0.861. The molecule has 1 fully saturated rings. The van der Waals surface area contributed by atoms with Gasteiger partial charge in [-0.15, -0.1) is 11.8 Å². The first-order valence-electron chi connectivity index (χ1n) is 6.85. The first kappa shape index (κ1) is 15.4. The molecule has 1 aromatic rings. The van der Waals surface area contributed by atoms with Crippen molar-refractivity contribution in [3.8, 4) is 11.5 Å². The Hall–Kier alpha value is -0.940. The third kappa shape index (κ3) is 2.61. The molecule has 0 atom stereocenters. The molecule has 0 spiro atoms. The zero-order chi connectivity index (χ0) is 14.8. The van der Waals surface area contributed by atoms with Gasteiger partial charge in [-0.25, -0.2) is 4.39 Å². The van der Waals surface area contributed by atoms with E-state index >= 15 is 0 Å². The normalized spacial score (nSPS) is 17.9. The summed E-state index contributed by atoms with van der Waals surface area (Å²) in [5.74, 6) is 0.730.